The van der Waals surface area contributed by atoms with E-state index in [1.54, 1.807) is 6.07 Å². The minimum absolute atomic E-state index is 0.615. The molecule has 0 spiro atoms. The third-order valence-electron chi connectivity index (χ3n) is 2.55. The Bertz CT molecular complexity index is 498. The fourth-order valence-electron chi connectivity index (χ4n) is 1.71. The number of nitrogens with two attached hydrogens (primary N) is 1. The van der Waals surface area contributed by atoms with Crippen LogP contribution in [0.15, 0.2) is 36.4 Å². The lowest BCUT2D eigenvalue weighted by Gasteiger charge is -2.08. The van der Waals surface area contributed by atoms with Crippen LogP contribution in [0.3, 0.4) is 0 Å². The van der Waals surface area contributed by atoms with Gasteiger partial charge in [-0.05, 0) is 18.9 Å². The summed E-state index contributed by atoms with van der Waals surface area (Å²) in [4.78, 5) is 8.43. The van der Waals surface area contributed by atoms with E-state index in [0.717, 1.165) is 18.8 Å². The summed E-state index contributed by atoms with van der Waals surface area (Å²) in [7, 11) is 0. The maximum absolute atomic E-state index is 5.34. The average molecular weight is 243 g/mol. The monoisotopic (exact) mass is 243 g/mol. The van der Waals surface area contributed by atoms with Gasteiger partial charge in [0.1, 0.15) is 17.5 Å². The second kappa shape index (κ2) is 5.97. The fourth-order valence-corrected chi connectivity index (χ4v) is 1.71. The molecule has 2 aromatic rings. The van der Waals surface area contributed by atoms with Crippen LogP contribution in [0.5, 0.6) is 0 Å². The molecule has 1 heterocycles. The molecule has 0 amide bonds. The summed E-state index contributed by atoms with van der Waals surface area (Å²) in [5.41, 5.74) is 3.82. The summed E-state index contributed by atoms with van der Waals surface area (Å²) in [6, 6.07) is 12.1. The topological polar surface area (TPSA) is 75.9 Å². The van der Waals surface area contributed by atoms with E-state index in [0.29, 0.717) is 11.6 Å². The summed E-state index contributed by atoms with van der Waals surface area (Å²) in [5, 5.41) is 3.26. The number of nitrogen functional groups attached to an aromatic ring is 1. The highest BCUT2D eigenvalue weighted by Gasteiger charge is 2.00. The third-order valence-corrected chi connectivity index (χ3v) is 2.55. The summed E-state index contributed by atoms with van der Waals surface area (Å²) >= 11 is 0. The summed E-state index contributed by atoms with van der Waals surface area (Å²) < 4.78 is 0. The molecule has 18 heavy (non-hydrogen) atoms. The zero-order valence-electron chi connectivity index (χ0n) is 10.4. The van der Waals surface area contributed by atoms with Crippen molar-refractivity contribution in [1.29, 1.82) is 0 Å². The van der Waals surface area contributed by atoms with Gasteiger partial charge in [-0.2, -0.15) is 0 Å². The molecule has 0 saturated heterocycles. The van der Waals surface area contributed by atoms with E-state index in [2.05, 4.69) is 32.8 Å². The molecule has 0 aliphatic rings. The van der Waals surface area contributed by atoms with E-state index < -0.39 is 0 Å². The summed E-state index contributed by atoms with van der Waals surface area (Å²) in [6.07, 6.45) is 0.954. The van der Waals surface area contributed by atoms with Gasteiger partial charge < -0.3 is 10.7 Å². The van der Waals surface area contributed by atoms with E-state index >= 15 is 0 Å². The molecule has 5 nitrogen and oxygen atoms in total. The van der Waals surface area contributed by atoms with Crippen molar-refractivity contribution in [2.24, 2.45) is 5.84 Å². The van der Waals surface area contributed by atoms with Crippen LogP contribution in [0.1, 0.15) is 11.4 Å². The van der Waals surface area contributed by atoms with Crippen LogP contribution >= 0.6 is 0 Å². The fraction of sp³-hybridized carbons (Fsp3) is 0.231. The molecular formula is C13H17N5. The highest BCUT2D eigenvalue weighted by Crippen LogP contribution is 2.10. The number of hydrogen-bond donors (Lipinski definition) is 3. The number of nitrogens with zero attached hydrogens (tertiary/aromatic N) is 2. The van der Waals surface area contributed by atoms with Crippen LogP contribution in [0, 0.1) is 6.92 Å². The first-order valence-electron chi connectivity index (χ1n) is 5.88. The standard InChI is InChI=1S/C13H17N5/c1-10-16-12(9-13(17-10)18-14)15-8-7-11-5-3-2-4-6-11/h2-6,9H,7-8,14H2,1H3,(H2,15,16,17,18). The van der Waals surface area contributed by atoms with E-state index in [9.17, 15) is 0 Å². The molecule has 1 aromatic carbocycles. The second-order valence-corrected chi connectivity index (χ2v) is 3.99. The van der Waals surface area contributed by atoms with Gasteiger partial charge in [0.2, 0.25) is 0 Å². The Morgan fingerprint density at radius 2 is 1.83 bits per heavy atom. The smallest absolute Gasteiger partial charge is 0.145 e. The number of anilines is 2. The highest BCUT2D eigenvalue weighted by atomic mass is 15.3. The van der Waals surface area contributed by atoms with Crippen molar-refractivity contribution >= 4 is 11.6 Å². The predicted molar refractivity (Wildman–Crippen MR) is 73.2 cm³/mol. The lowest BCUT2D eigenvalue weighted by Crippen LogP contribution is -2.12. The molecule has 0 bridgehead atoms. The van der Waals surface area contributed by atoms with Gasteiger partial charge in [-0.25, -0.2) is 15.8 Å². The van der Waals surface area contributed by atoms with E-state index in [4.69, 9.17) is 5.84 Å². The molecule has 2 rings (SSSR count). The van der Waals surface area contributed by atoms with E-state index in [1.807, 2.05) is 25.1 Å². The minimum Gasteiger partial charge on any atom is -0.370 e. The van der Waals surface area contributed by atoms with Crippen LogP contribution in [0.4, 0.5) is 11.6 Å². The van der Waals surface area contributed by atoms with Crippen molar-refractivity contribution in [3.63, 3.8) is 0 Å². The molecular weight excluding hydrogens is 226 g/mol. The highest BCUT2D eigenvalue weighted by molar-refractivity contribution is 5.46. The molecule has 0 saturated carbocycles. The van der Waals surface area contributed by atoms with Crippen LogP contribution < -0.4 is 16.6 Å². The number of hydrazine groups is 1. The minimum atomic E-state index is 0.615. The van der Waals surface area contributed by atoms with Crippen LogP contribution in [-0.4, -0.2) is 16.5 Å². The van der Waals surface area contributed by atoms with E-state index in [-0.39, 0.29) is 0 Å². The normalized spacial score (nSPS) is 10.1. The summed E-state index contributed by atoms with van der Waals surface area (Å²) in [6.45, 7) is 2.66. The first kappa shape index (κ1) is 12.3. The number of rotatable bonds is 5. The Balaban J connectivity index is 1.92. The van der Waals surface area contributed by atoms with Crippen molar-refractivity contribution in [1.82, 2.24) is 9.97 Å². The van der Waals surface area contributed by atoms with Gasteiger partial charge in [-0.15, -0.1) is 0 Å². The molecule has 4 N–H and O–H groups in total. The largest absolute Gasteiger partial charge is 0.370 e. The maximum Gasteiger partial charge on any atom is 0.145 e. The molecule has 0 aliphatic carbocycles. The molecule has 0 aliphatic heterocycles. The number of aromatic nitrogens is 2. The number of hydrogen-bond acceptors (Lipinski definition) is 5. The lowest BCUT2D eigenvalue weighted by atomic mass is 10.1. The van der Waals surface area contributed by atoms with Crippen LogP contribution in [-0.2, 0) is 6.42 Å². The van der Waals surface area contributed by atoms with Gasteiger partial charge in [-0.1, -0.05) is 30.3 Å². The van der Waals surface area contributed by atoms with Gasteiger partial charge in [-0.3, -0.25) is 0 Å². The van der Waals surface area contributed by atoms with Gasteiger partial charge >= 0.3 is 0 Å². The predicted octanol–water partition coefficient (Wildman–Crippen LogP) is 1.73. The second-order valence-electron chi connectivity index (χ2n) is 3.99. The zero-order chi connectivity index (χ0) is 12.8. The summed E-state index contributed by atoms with van der Waals surface area (Å²) in [5.74, 6) is 7.43. The van der Waals surface area contributed by atoms with E-state index in [1.165, 1.54) is 5.56 Å². The lowest BCUT2D eigenvalue weighted by molar-refractivity contribution is 0.979. The molecule has 0 unspecified atom stereocenters. The van der Waals surface area contributed by atoms with Gasteiger partial charge in [0, 0.05) is 12.6 Å². The van der Waals surface area contributed by atoms with Crippen molar-refractivity contribution in [2.45, 2.75) is 13.3 Å². The molecule has 1 aromatic heterocycles. The van der Waals surface area contributed by atoms with Crippen molar-refractivity contribution in [3.8, 4) is 0 Å². The molecule has 0 atom stereocenters. The SMILES string of the molecule is Cc1nc(NN)cc(NCCc2ccccc2)n1. The van der Waals surface area contributed by atoms with Gasteiger partial charge in [0.25, 0.3) is 0 Å². The van der Waals surface area contributed by atoms with Crippen molar-refractivity contribution < 1.29 is 0 Å². The molecule has 5 heteroatoms. The number of aryl methyl sites for hydroxylation is 1. The Morgan fingerprint density at radius 1 is 1.11 bits per heavy atom. The van der Waals surface area contributed by atoms with Crippen molar-refractivity contribution in [3.05, 3.63) is 47.8 Å². The number of benzene rings is 1. The first-order valence-corrected chi connectivity index (χ1v) is 5.88. The Hall–Kier alpha value is -2.14. The van der Waals surface area contributed by atoms with Crippen LogP contribution in [0.2, 0.25) is 0 Å². The Labute approximate surface area is 106 Å². The third kappa shape index (κ3) is 3.43. The average Bonchev–Trinajstić information content (AvgIpc) is 2.39. The Kier molecular flexibility index (Phi) is 4.09. The number of nitrogens with one attached hydrogen (secondary N) is 2. The van der Waals surface area contributed by atoms with Gasteiger partial charge in [0.05, 0.1) is 0 Å². The Morgan fingerprint density at radius 3 is 2.56 bits per heavy atom. The first-order chi connectivity index (χ1) is 8.78. The van der Waals surface area contributed by atoms with Crippen LogP contribution in [0.25, 0.3) is 0 Å². The zero-order valence-corrected chi connectivity index (χ0v) is 10.4. The van der Waals surface area contributed by atoms with Gasteiger partial charge in [0.15, 0.2) is 0 Å². The van der Waals surface area contributed by atoms with Crippen molar-refractivity contribution in [2.75, 3.05) is 17.3 Å². The molecule has 94 valence electrons. The molecule has 0 fully saturated rings. The maximum atomic E-state index is 5.34. The molecule has 0 radical (unpaired) electrons. The quantitative estimate of drug-likeness (QED) is 0.550.